The van der Waals surface area contributed by atoms with Crippen molar-refractivity contribution in [2.45, 2.75) is 13.5 Å². The van der Waals surface area contributed by atoms with Crippen LogP contribution in [0.4, 0.5) is 0 Å². The molecule has 4 nitrogen and oxygen atoms in total. The van der Waals surface area contributed by atoms with Gasteiger partial charge in [-0.2, -0.15) is 0 Å². The molecule has 0 aliphatic carbocycles. The smallest absolute Gasteiger partial charge is 0.326 e. The number of imidazole rings is 1. The maximum atomic E-state index is 11.9. The molecule has 0 saturated heterocycles. The van der Waals surface area contributed by atoms with E-state index in [1.165, 1.54) is 0 Å². The van der Waals surface area contributed by atoms with Gasteiger partial charge in [-0.25, -0.2) is 4.98 Å². The van der Waals surface area contributed by atoms with Gasteiger partial charge in [-0.1, -0.05) is 41.4 Å². The monoisotopic (exact) mass is 374 g/mol. The van der Waals surface area contributed by atoms with Gasteiger partial charge in [0.1, 0.15) is 12.4 Å². The quantitative estimate of drug-likeness (QED) is 0.585. The lowest BCUT2D eigenvalue weighted by atomic mass is 10.2. The summed E-state index contributed by atoms with van der Waals surface area (Å²) in [5.74, 6) is 0.352. The number of hydrogen-bond donors (Lipinski definition) is 0. The highest BCUT2D eigenvalue weighted by molar-refractivity contribution is 6.35. The fourth-order valence-corrected chi connectivity index (χ4v) is 3.00. The van der Waals surface area contributed by atoms with Gasteiger partial charge in [0.05, 0.1) is 17.6 Å². The topological polar surface area (TPSA) is 44.1 Å². The number of esters is 1. The second-order valence-electron chi connectivity index (χ2n) is 5.35. The number of fused-ring (bicyclic) bond motifs is 1. The van der Waals surface area contributed by atoms with Crippen molar-refractivity contribution in [3.05, 3.63) is 63.9 Å². The molecular formula is C19H16Cl2N2O2. The van der Waals surface area contributed by atoms with Crippen LogP contribution in [0.2, 0.25) is 10.0 Å². The standard InChI is InChI=1S/C19H16Cl2N2O2/c1-2-25-19(24)12-23-17-6-4-3-5-16(17)22-18(23)10-8-13-7-9-14(20)11-15(13)21/h3-11H,2,12H2,1H3. The van der Waals surface area contributed by atoms with Crippen molar-refractivity contribution in [2.24, 2.45) is 0 Å². The van der Waals surface area contributed by atoms with Crippen LogP contribution in [-0.2, 0) is 16.1 Å². The molecule has 3 rings (SSSR count). The van der Waals surface area contributed by atoms with Gasteiger partial charge in [0.25, 0.3) is 0 Å². The van der Waals surface area contributed by atoms with Crippen LogP contribution < -0.4 is 0 Å². The van der Waals surface area contributed by atoms with Crippen LogP contribution in [0.1, 0.15) is 18.3 Å². The molecule has 0 radical (unpaired) electrons. The van der Waals surface area contributed by atoms with Crippen molar-refractivity contribution < 1.29 is 9.53 Å². The molecule has 0 fully saturated rings. The fraction of sp³-hybridized carbons (Fsp3) is 0.158. The summed E-state index contributed by atoms with van der Waals surface area (Å²) in [5, 5.41) is 1.13. The molecule has 0 saturated carbocycles. The Bertz CT molecular complexity index is 948. The number of carbonyl (C=O) groups is 1. The van der Waals surface area contributed by atoms with Crippen molar-refractivity contribution in [3.63, 3.8) is 0 Å². The predicted molar refractivity (Wildman–Crippen MR) is 102 cm³/mol. The summed E-state index contributed by atoms with van der Waals surface area (Å²) in [6.45, 7) is 2.23. The number of nitrogens with zero attached hydrogens (tertiary/aromatic N) is 2. The Morgan fingerprint density at radius 2 is 2.00 bits per heavy atom. The SMILES string of the molecule is CCOC(=O)Cn1c(C=Cc2ccc(Cl)cc2Cl)nc2ccccc21. The number of carbonyl (C=O) groups excluding carboxylic acids is 1. The van der Waals surface area contributed by atoms with Crippen LogP contribution in [-0.4, -0.2) is 22.1 Å². The van der Waals surface area contributed by atoms with E-state index in [9.17, 15) is 4.79 Å². The lowest BCUT2D eigenvalue weighted by molar-refractivity contribution is -0.143. The number of benzene rings is 2. The molecule has 0 unspecified atom stereocenters. The van der Waals surface area contributed by atoms with Gasteiger partial charge in [-0.3, -0.25) is 4.79 Å². The molecule has 128 valence electrons. The molecule has 0 spiro atoms. The van der Waals surface area contributed by atoms with E-state index in [1.54, 1.807) is 19.1 Å². The van der Waals surface area contributed by atoms with Gasteiger partial charge in [0, 0.05) is 10.0 Å². The van der Waals surface area contributed by atoms with Gasteiger partial charge < -0.3 is 9.30 Å². The first-order valence-corrected chi connectivity index (χ1v) is 8.58. The minimum Gasteiger partial charge on any atom is -0.465 e. The van der Waals surface area contributed by atoms with Gasteiger partial charge in [0.2, 0.25) is 0 Å². The van der Waals surface area contributed by atoms with Crippen molar-refractivity contribution in [1.82, 2.24) is 9.55 Å². The van der Waals surface area contributed by atoms with Crippen LogP contribution in [0.5, 0.6) is 0 Å². The van der Waals surface area contributed by atoms with E-state index in [1.807, 2.05) is 47.1 Å². The Hall–Kier alpha value is -2.30. The Kier molecular flexibility index (Phi) is 5.41. The predicted octanol–water partition coefficient (Wildman–Crippen LogP) is 5.08. The summed E-state index contributed by atoms with van der Waals surface area (Å²) in [5.41, 5.74) is 2.51. The second kappa shape index (κ2) is 7.72. The Balaban J connectivity index is 1.99. The molecule has 0 amide bonds. The van der Waals surface area contributed by atoms with Crippen molar-refractivity contribution >= 4 is 52.4 Å². The zero-order valence-corrected chi connectivity index (χ0v) is 15.1. The molecule has 0 atom stereocenters. The summed E-state index contributed by atoms with van der Waals surface area (Å²) in [6.07, 6.45) is 3.68. The molecule has 1 aromatic heterocycles. The molecule has 0 aliphatic rings. The first-order valence-electron chi connectivity index (χ1n) is 7.82. The maximum absolute atomic E-state index is 11.9. The largest absolute Gasteiger partial charge is 0.465 e. The van der Waals surface area contributed by atoms with Crippen LogP contribution in [0.3, 0.4) is 0 Å². The number of para-hydroxylation sites is 2. The number of halogens is 2. The zero-order valence-electron chi connectivity index (χ0n) is 13.6. The van der Waals surface area contributed by atoms with Gasteiger partial charge >= 0.3 is 5.97 Å². The molecule has 25 heavy (non-hydrogen) atoms. The number of rotatable bonds is 5. The van der Waals surface area contributed by atoms with Gasteiger partial charge in [-0.05, 0) is 48.9 Å². The first-order chi connectivity index (χ1) is 12.1. The summed E-state index contributed by atoms with van der Waals surface area (Å²) >= 11 is 12.1. The molecule has 3 aromatic rings. The summed E-state index contributed by atoms with van der Waals surface area (Å²) in [7, 11) is 0. The molecule has 1 heterocycles. The highest BCUT2D eigenvalue weighted by atomic mass is 35.5. The average molecular weight is 375 g/mol. The van der Waals surface area contributed by atoms with Crippen LogP contribution in [0.25, 0.3) is 23.2 Å². The lowest BCUT2D eigenvalue weighted by Gasteiger charge is -2.06. The summed E-state index contributed by atoms with van der Waals surface area (Å²) < 4.78 is 6.89. The van der Waals surface area contributed by atoms with E-state index in [4.69, 9.17) is 27.9 Å². The second-order valence-corrected chi connectivity index (χ2v) is 6.19. The summed E-state index contributed by atoms with van der Waals surface area (Å²) in [6, 6.07) is 12.9. The van der Waals surface area contributed by atoms with Crippen molar-refractivity contribution in [1.29, 1.82) is 0 Å². The van der Waals surface area contributed by atoms with Crippen molar-refractivity contribution in [3.8, 4) is 0 Å². The third-order valence-electron chi connectivity index (χ3n) is 3.65. The van der Waals surface area contributed by atoms with Crippen LogP contribution in [0, 0.1) is 0 Å². The molecular weight excluding hydrogens is 359 g/mol. The van der Waals surface area contributed by atoms with E-state index in [2.05, 4.69) is 4.98 Å². The Morgan fingerprint density at radius 3 is 2.76 bits per heavy atom. The fourth-order valence-electron chi connectivity index (χ4n) is 2.52. The summed E-state index contributed by atoms with van der Waals surface area (Å²) in [4.78, 5) is 16.5. The van der Waals surface area contributed by atoms with E-state index in [0.29, 0.717) is 22.5 Å². The molecule has 0 aliphatic heterocycles. The maximum Gasteiger partial charge on any atom is 0.326 e. The van der Waals surface area contributed by atoms with E-state index in [0.717, 1.165) is 16.6 Å². The number of aromatic nitrogens is 2. The lowest BCUT2D eigenvalue weighted by Crippen LogP contribution is -2.14. The van der Waals surface area contributed by atoms with E-state index < -0.39 is 0 Å². The Labute approximate surface area is 155 Å². The third kappa shape index (κ3) is 4.03. The molecule has 6 heteroatoms. The first kappa shape index (κ1) is 17.5. The number of hydrogen-bond acceptors (Lipinski definition) is 3. The third-order valence-corrected chi connectivity index (χ3v) is 4.21. The highest BCUT2D eigenvalue weighted by Gasteiger charge is 2.12. The molecule has 0 bridgehead atoms. The minimum absolute atomic E-state index is 0.0996. The molecule has 2 aromatic carbocycles. The van der Waals surface area contributed by atoms with Gasteiger partial charge in [-0.15, -0.1) is 0 Å². The van der Waals surface area contributed by atoms with E-state index in [-0.39, 0.29) is 12.5 Å². The number of ether oxygens (including phenoxy) is 1. The van der Waals surface area contributed by atoms with Crippen LogP contribution >= 0.6 is 23.2 Å². The minimum atomic E-state index is -0.301. The highest BCUT2D eigenvalue weighted by Crippen LogP contribution is 2.24. The van der Waals surface area contributed by atoms with Crippen molar-refractivity contribution in [2.75, 3.05) is 6.61 Å². The Morgan fingerprint density at radius 1 is 1.20 bits per heavy atom. The van der Waals surface area contributed by atoms with E-state index >= 15 is 0 Å². The zero-order chi connectivity index (χ0) is 17.8. The molecule has 0 N–H and O–H groups in total. The van der Waals surface area contributed by atoms with Gasteiger partial charge in [0.15, 0.2) is 0 Å². The normalized spacial score (nSPS) is 11.3. The average Bonchev–Trinajstić information content (AvgIpc) is 2.92. The van der Waals surface area contributed by atoms with Crippen LogP contribution in [0.15, 0.2) is 42.5 Å².